The molecule has 2 bridgehead atoms. The Morgan fingerprint density at radius 1 is 1.14 bits per heavy atom. The molecule has 0 saturated carbocycles. The van der Waals surface area contributed by atoms with E-state index >= 15 is 0 Å². The van der Waals surface area contributed by atoms with Crippen LogP contribution in [0.4, 0.5) is 18.9 Å². The third-order valence-corrected chi connectivity index (χ3v) is 6.68. The summed E-state index contributed by atoms with van der Waals surface area (Å²) in [6.45, 7) is -0.320. The minimum absolute atomic E-state index is 0.0857. The van der Waals surface area contributed by atoms with Gasteiger partial charge in [0.2, 0.25) is 5.43 Å². The lowest BCUT2D eigenvalue weighted by Crippen LogP contribution is -2.45. The molecule has 11 heteroatoms. The van der Waals surface area contributed by atoms with Crippen LogP contribution in [0.3, 0.4) is 0 Å². The highest BCUT2D eigenvalue weighted by Gasteiger charge is 2.39. The van der Waals surface area contributed by atoms with E-state index in [4.69, 9.17) is 11.6 Å². The van der Waals surface area contributed by atoms with Gasteiger partial charge in [-0.05, 0) is 30.5 Å². The Hall–Kier alpha value is -3.79. The number of hydrogen-bond donors (Lipinski definition) is 2. The van der Waals surface area contributed by atoms with Crippen molar-refractivity contribution < 1.29 is 27.9 Å². The second-order valence-corrected chi connectivity index (χ2v) is 8.73. The van der Waals surface area contributed by atoms with Crippen LogP contribution in [0.5, 0.6) is 5.75 Å². The zero-order valence-electron chi connectivity index (χ0n) is 17.9. The number of fused-ring (bicyclic) bond motifs is 6. The first-order valence-electron chi connectivity index (χ1n) is 10.7. The van der Waals surface area contributed by atoms with Gasteiger partial charge in [-0.3, -0.25) is 14.4 Å². The number of nitrogens with zero attached hydrogens (tertiary/aromatic N) is 2. The summed E-state index contributed by atoms with van der Waals surface area (Å²) in [4.78, 5) is 40.0. The minimum atomic E-state index is -1.10. The van der Waals surface area contributed by atoms with Gasteiger partial charge in [-0.25, -0.2) is 13.2 Å². The Labute approximate surface area is 201 Å². The standard InChI is InChI=1S/C24H17ClF3N3O4/c25-17-15(26)7-5-12(18(17)28)8-29-23(34)14-10-30-13-6-4-11-2-1-3-16(27)19(11)31(9-13)24(35)20(30)22(33)21(14)32/h1-3,5,7,10,13,33H,4,6,8-9H2,(H,29,34)/t13-/m0/s1. The maximum absolute atomic E-state index is 14.6. The van der Waals surface area contributed by atoms with Crippen LogP contribution >= 0.6 is 11.6 Å². The number of benzene rings is 2. The predicted molar refractivity (Wildman–Crippen MR) is 120 cm³/mol. The Morgan fingerprint density at radius 2 is 1.91 bits per heavy atom. The average molecular weight is 504 g/mol. The molecule has 0 radical (unpaired) electrons. The Morgan fingerprint density at radius 3 is 2.69 bits per heavy atom. The molecule has 0 unspecified atom stereocenters. The van der Waals surface area contributed by atoms with E-state index in [-0.39, 0.29) is 23.5 Å². The largest absolute Gasteiger partial charge is 0.503 e. The predicted octanol–water partition coefficient (Wildman–Crippen LogP) is 3.70. The lowest BCUT2D eigenvalue weighted by atomic mass is 10.0. The Balaban J connectivity index is 1.50. The molecule has 35 heavy (non-hydrogen) atoms. The Bertz CT molecular complexity index is 1470. The number of amides is 2. The first-order chi connectivity index (χ1) is 16.7. The fourth-order valence-corrected chi connectivity index (χ4v) is 4.76. The zero-order chi connectivity index (χ0) is 25.0. The minimum Gasteiger partial charge on any atom is -0.503 e. The molecule has 0 aliphatic carbocycles. The number of carbonyl (C=O) groups excluding carboxylic acids is 2. The quantitative estimate of drug-likeness (QED) is 0.533. The highest BCUT2D eigenvalue weighted by molar-refractivity contribution is 6.31. The van der Waals surface area contributed by atoms with Crippen LogP contribution in [0, 0.1) is 17.5 Å². The van der Waals surface area contributed by atoms with E-state index in [1.54, 1.807) is 12.1 Å². The highest BCUT2D eigenvalue weighted by Crippen LogP contribution is 2.38. The van der Waals surface area contributed by atoms with Crippen molar-refractivity contribution in [2.75, 3.05) is 11.4 Å². The third kappa shape index (κ3) is 3.65. The molecule has 1 aromatic heterocycles. The maximum Gasteiger partial charge on any atom is 0.279 e. The van der Waals surface area contributed by atoms with E-state index in [2.05, 4.69) is 5.32 Å². The molecule has 7 nitrogen and oxygen atoms in total. The molecule has 2 aliphatic rings. The molecule has 2 amide bonds. The number of halogens is 4. The maximum atomic E-state index is 14.6. The summed E-state index contributed by atoms with van der Waals surface area (Å²) in [5, 5.41) is 12.3. The van der Waals surface area contributed by atoms with Gasteiger partial charge in [0.05, 0.1) is 11.7 Å². The lowest BCUT2D eigenvalue weighted by molar-refractivity contribution is 0.0929. The molecule has 0 saturated heterocycles. The van der Waals surface area contributed by atoms with Gasteiger partial charge in [-0.1, -0.05) is 29.8 Å². The monoisotopic (exact) mass is 503 g/mol. The normalized spacial score (nSPS) is 16.4. The van der Waals surface area contributed by atoms with E-state index in [0.29, 0.717) is 18.4 Å². The van der Waals surface area contributed by atoms with Crippen molar-refractivity contribution in [3.05, 3.63) is 91.6 Å². The smallest absolute Gasteiger partial charge is 0.279 e. The van der Waals surface area contributed by atoms with Crippen molar-refractivity contribution >= 4 is 29.1 Å². The number of aryl methyl sites for hydroxylation is 1. The van der Waals surface area contributed by atoms with Crippen molar-refractivity contribution in [3.63, 3.8) is 0 Å². The van der Waals surface area contributed by atoms with Gasteiger partial charge >= 0.3 is 0 Å². The molecule has 2 aromatic carbocycles. The van der Waals surface area contributed by atoms with Crippen molar-refractivity contribution in [2.24, 2.45) is 0 Å². The molecular weight excluding hydrogens is 487 g/mol. The van der Waals surface area contributed by atoms with Crippen molar-refractivity contribution in [2.45, 2.75) is 25.4 Å². The summed E-state index contributed by atoms with van der Waals surface area (Å²) in [7, 11) is 0. The molecule has 180 valence electrons. The van der Waals surface area contributed by atoms with Gasteiger partial charge in [-0.15, -0.1) is 0 Å². The zero-order valence-corrected chi connectivity index (χ0v) is 18.7. The SMILES string of the molecule is O=C(NCc1ccc(F)c(Cl)c1F)c1cn2c(c(O)c1=O)C(=O)N1C[C@@H]2CCc2cccc(F)c21. The average Bonchev–Trinajstić information content (AvgIpc) is 3.01. The second-order valence-electron chi connectivity index (χ2n) is 8.35. The summed E-state index contributed by atoms with van der Waals surface area (Å²) >= 11 is 5.55. The second kappa shape index (κ2) is 8.46. The molecule has 2 N–H and O–H groups in total. The lowest BCUT2D eigenvalue weighted by Gasteiger charge is -2.35. The van der Waals surface area contributed by atoms with Crippen LogP contribution in [0.2, 0.25) is 5.02 Å². The fourth-order valence-electron chi connectivity index (χ4n) is 4.57. The number of hydrogen-bond acceptors (Lipinski definition) is 4. The number of aromatic hydroxyl groups is 1. The number of anilines is 1. The molecule has 0 spiro atoms. The van der Waals surface area contributed by atoms with Gasteiger partial charge in [0, 0.05) is 24.8 Å². The van der Waals surface area contributed by atoms with Crippen molar-refractivity contribution in [1.29, 1.82) is 0 Å². The van der Waals surface area contributed by atoms with Crippen LogP contribution in [-0.2, 0) is 13.0 Å². The molecular formula is C24H17ClF3N3O4. The molecule has 0 fully saturated rings. The molecule has 5 rings (SSSR count). The topological polar surface area (TPSA) is 91.6 Å². The summed E-state index contributed by atoms with van der Waals surface area (Å²) in [6, 6.07) is 6.09. The summed E-state index contributed by atoms with van der Waals surface area (Å²) in [6.07, 6.45) is 2.06. The van der Waals surface area contributed by atoms with E-state index in [9.17, 15) is 32.7 Å². The number of aromatic nitrogens is 1. The summed E-state index contributed by atoms with van der Waals surface area (Å²) in [5.74, 6) is -5.23. The van der Waals surface area contributed by atoms with Crippen LogP contribution in [0.15, 0.2) is 41.3 Å². The molecule has 3 aromatic rings. The van der Waals surface area contributed by atoms with Gasteiger partial charge in [0.15, 0.2) is 11.4 Å². The fraction of sp³-hybridized carbons (Fsp3) is 0.208. The first kappa shape index (κ1) is 23.0. The number of carbonyl (C=O) groups is 2. The van der Waals surface area contributed by atoms with Gasteiger partial charge in [-0.2, -0.15) is 0 Å². The summed E-state index contributed by atoms with van der Waals surface area (Å²) in [5.41, 5.74) is -1.28. The third-order valence-electron chi connectivity index (χ3n) is 6.33. The molecule has 1 atom stereocenters. The summed E-state index contributed by atoms with van der Waals surface area (Å²) < 4.78 is 43.5. The van der Waals surface area contributed by atoms with E-state index in [1.807, 2.05) is 0 Å². The van der Waals surface area contributed by atoms with Crippen LogP contribution in [-0.4, -0.2) is 28.0 Å². The van der Waals surface area contributed by atoms with Crippen molar-refractivity contribution in [1.82, 2.24) is 9.88 Å². The highest BCUT2D eigenvalue weighted by atomic mass is 35.5. The van der Waals surface area contributed by atoms with Gasteiger partial charge in [0.25, 0.3) is 11.8 Å². The number of nitrogens with one attached hydrogen (secondary N) is 1. The number of rotatable bonds is 3. The van der Waals surface area contributed by atoms with Crippen molar-refractivity contribution in [3.8, 4) is 5.75 Å². The van der Waals surface area contributed by atoms with Gasteiger partial charge < -0.3 is 19.9 Å². The molecule has 3 heterocycles. The van der Waals surface area contributed by atoms with Crippen LogP contribution in [0.25, 0.3) is 0 Å². The van der Waals surface area contributed by atoms with E-state index < -0.39 is 63.6 Å². The number of para-hydroxylation sites is 1. The van der Waals surface area contributed by atoms with E-state index in [1.165, 1.54) is 21.7 Å². The Kier molecular flexibility index (Phi) is 5.55. The van der Waals surface area contributed by atoms with Crippen LogP contribution in [0.1, 0.15) is 44.4 Å². The number of pyridine rings is 1. The van der Waals surface area contributed by atoms with Gasteiger partial charge in [0.1, 0.15) is 28.0 Å². The first-order valence-corrected chi connectivity index (χ1v) is 11.0. The molecule has 2 aliphatic heterocycles. The van der Waals surface area contributed by atoms with E-state index in [0.717, 1.165) is 12.1 Å². The van der Waals surface area contributed by atoms with Crippen LogP contribution < -0.4 is 15.6 Å².